The van der Waals surface area contributed by atoms with Gasteiger partial charge in [-0.2, -0.15) is 13.2 Å². The Balaban J connectivity index is 2.83. The third-order valence-electron chi connectivity index (χ3n) is 2.75. The van der Waals surface area contributed by atoms with Crippen LogP contribution in [0.15, 0.2) is 10.6 Å². The van der Waals surface area contributed by atoms with Crippen LogP contribution in [0.5, 0.6) is 0 Å². The molecule has 0 radical (unpaired) electrons. The topological polar surface area (TPSA) is 17.1 Å². The monoisotopic (exact) mass is 304 g/mol. The smallest absolute Gasteiger partial charge is 0.281 e. The molecule has 0 aromatic carbocycles. The summed E-state index contributed by atoms with van der Waals surface area (Å²) in [6.45, 7) is 3.44. The molecule has 0 saturated heterocycles. The minimum atomic E-state index is -4.40. The van der Waals surface area contributed by atoms with Crippen LogP contribution in [0.2, 0.25) is 0 Å². The summed E-state index contributed by atoms with van der Waals surface area (Å²) < 4.78 is 35.7. The summed E-state index contributed by atoms with van der Waals surface area (Å²) in [5, 5.41) is -0.580. The van der Waals surface area contributed by atoms with Gasteiger partial charge in [-0.25, -0.2) is 0 Å². The number of alkyl halides is 3. The van der Waals surface area contributed by atoms with Crippen LogP contribution in [0.4, 0.5) is 13.2 Å². The quantitative estimate of drug-likeness (QED) is 0.708. The number of allylic oxidation sites excluding steroid dienone is 2. The molecule has 1 aliphatic carbocycles. The van der Waals surface area contributed by atoms with Gasteiger partial charge in [-0.3, -0.25) is 4.79 Å². The summed E-state index contributed by atoms with van der Waals surface area (Å²) in [5.41, 5.74) is -0.483. The van der Waals surface area contributed by atoms with Gasteiger partial charge in [0.05, 0.1) is 4.48 Å². The Morgan fingerprint density at radius 2 is 1.93 bits per heavy atom. The minimum Gasteiger partial charge on any atom is -0.281 e. The molecule has 0 aromatic rings. The van der Waals surface area contributed by atoms with Crippen LogP contribution in [0, 0.1) is 17.3 Å². The van der Waals surface area contributed by atoms with Gasteiger partial charge >= 0.3 is 6.18 Å². The Morgan fingerprint density at radius 3 is 2.20 bits per heavy atom. The maximum Gasteiger partial charge on any atom is 0.422 e. The Bertz CT molecular complexity index is 322. The van der Waals surface area contributed by atoms with E-state index in [2.05, 4.69) is 15.9 Å². The highest BCUT2D eigenvalue weighted by Crippen LogP contribution is 2.60. The van der Waals surface area contributed by atoms with Crippen LogP contribution in [0.1, 0.15) is 13.8 Å². The molecule has 0 heterocycles. The third-order valence-corrected chi connectivity index (χ3v) is 3.70. The number of carbonyl (C=O) groups is 1. The molecule has 86 valence electrons. The molecule has 0 aliphatic heterocycles. The summed E-state index contributed by atoms with van der Waals surface area (Å²) in [4.78, 5) is 10.9. The fourth-order valence-corrected chi connectivity index (χ4v) is 2.38. The highest BCUT2D eigenvalue weighted by Gasteiger charge is 2.60. The summed E-state index contributed by atoms with van der Waals surface area (Å²) in [7, 11) is 0. The van der Waals surface area contributed by atoms with Crippen LogP contribution < -0.4 is 0 Å². The fraction of sp³-hybridized carbons (Fsp3) is 0.667. The maximum atomic E-state index is 12.2. The molecule has 0 N–H and O–H groups in total. The average Bonchev–Trinajstić information content (AvgIpc) is 2.50. The summed E-state index contributed by atoms with van der Waals surface area (Å²) in [5.74, 6) is -0.965. The molecule has 6 heteroatoms. The Morgan fingerprint density at radius 1 is 1.47 bits per heavy atom. The SMILES string of the molecule is CC1(C)[C@H](C(=O)Cl)[C@@H]1C=C(Br)C(F)(F)F. The van der Waals surface area contributed by atoms with Crippen LogP contribution in [-0.2, 0) is 4.79 Å². The van der Waals surface area contributed by atoms with E-state index < -0.39 is 33.2 Å². The number of rotatable bonds is 2. The molecule has 1 fully saturated rings. The van der Waals surface area contributed by atoms with Crippen molar-refractivity contribution >= 4 is 32.8 Å². The second-order valence-electron chi connectivity index (χ2n) is 4.14. The van der Waals surface area contributed by atoms with Gasteiger partial charge in [-0.05, 0) is 38.9 Å². The highest BCUT2D eigenvalue weighted by molar-refractivity contribution is 9.11. The van der Waals surface area contributed by atoms with E-state index in [9.17, 15) is 18.0 Å². The number of hydrogen-bond donors (Lipinski definition) is 0. The van der Waals surface area contributed by atoms with E-state index in [1.165, 1.54) is 0 Å². The maximum absolute atomic E-state index is 12.2. The van der Waals surface area contributed by atoms with Gasteiger partial charge in [-0.1, -0.05) is 19.9 Å². The van der Waals surface area contributed by atoms with Crippen molar-refractivity contribution in [2.24, 2.45) is 17.3 Å². The van der Waals surface area contributed by atoms with E-state index in [-0.39, 0.29) is 0 Å². The Kier molecular flexibility index (Phi) is 3.28. The molecule has 0 amide bonds. The molecule has 0 bridgehead atoms. The van der Waals surface area contributed by atoms with E-state index in [1.807, 2.05) is 0 Å². The zero-order chi connectivity index (χ0) is 12.0. The van der Waals surface area contributed by atoms with Crippen LogP contribution in [0.25, 0.3) is 0 Å². The molecule has 1 saturated carbocycles. The van der Waals surface area contributed by atoms with Gasteiger partial charge in [0, 0.05) is 5.92 Å². The normalized spacial score (nSPS) is 30.2. The van der Waals surface area contributed by atoms with Gasteiger partial charge in [0.15, 0.2) is 0 Å². The van der Waals surface area contributed by atoms with Crippen molar-refractivity contribution in [1.29, 1.82) is 0 Å². The standard InChI is InChI=1S/C9H9BrClF3O/c1-8(2)4(6(8)7(11)15)3-5(10)9(12,13)14/h3-4,6H,1-2H3/t4-,6-/m0/s1. The first kappa shape index (κ1) is 13.0. The molecule has 1 aliphatic rings. The first-order chi connectivity index (χ1) is 6.58. The molecular formula is C9H9BrClF3O. The average molecular weight is 306 g/mol. The lowest BCUT2D eigenvalue weighted by atomic mass is 10.1. The van der Waals surface area contributed by atoms with Gasteiger partial charge in [0.1, 0.15) is 0 Å². The number of carbonyl (C=O) groups excluding carboxylic acids is 1. The second kappa shape index (κ2) is 3.77. The predicted molar refractivity (Wildman–Crippen MR) is 54.7 cm³/mol. The minimum absolute atomic E-state index is 0.446. The van der Waals surface area contributed by atoms with Crippen molar-refractivity contribution < 1.29 is 18.0 Å². The van der Waals surface area contributed by atoms with Gasteiger partial charge in [-0.15, -0.1) is 0 Å². The van der Waals surface area contributed by atoms with Crippen molar-refractivity contribution in [3.63, 3.8) is 0 Å². The van der Waals surface area contributed by atoms with Crippen molar-refractivity contribution in [2.45, 2.75) is 20.0 Å². The molecule has 0 aromatic heterocycles. The lowest BCUT2D eigenvalue weighted by Crippen LogP contribution is -2.07. The van der Waals surface area contributed by atoms with E-state index in [0.29, 0.717) is 0 Å². The van der Waals surface area contributed by atoms with E-state index in [1.54, 1.807) is 13.8 Å². The largest absolute Gasteiger partial charge is 0.422 e. The number of hydrogen-bond acceptors (Lipinski definition) is 1. The van der Waals surface area contributed by atoms with E-state index >= 15 is 0 Å². The molecule has 1 nitrogen and oxygen atoms in total. The zero-order valence-electron chi connectivity index (χ0n) is 8.03. The molecular weight excluding hydrogens is 296 g/mol. The van der Waals surface area contributed by atoms with Crippen molar-refractivity contribution in [3.05, 3.63) is 10.6 Å². The van der Waals surface area contributed by atoms with Gasteiger partial charge < -0.3 is 0 Å². The number of halogens is 5. The van der Waals surface area contributed by atoms with Crippen LogP contribution >= 0.6 is 27.5 Å². The second-order valence-corrected chi connectivity index (χ2v) is 5.37. The van der Waals surface area contributed by atoms with Crippen LogP contribution in [-0.4, -0.2) is 11.4 Å². The van der Waals surface area contributed by atoms with Gasteiger partial charge in [0.2, 0.25) is 5.24 Å². The fourth-order valence-electron chi connectivity index (χ4n) is 1.67. The predicted octanol–water partition coefficient (Wildman–Crippen LogP) is 3.87. The molecule has 2 atom stereocenters. The van der Waals surface area contributed by atoms with Crippen molar-refractivity contribution in [2.75, 3.05) is 0 Å². The lowest BCUT2D eigenvalue weighted by molar-refractivity contribution is -0.113. The highest BCUT2D eigenvalue weighted by atomic mass is 79.9. The summed E-state index contributed by atoms with van der Waals surface area (Å²) in [6.07, 6.45) is -3.39. The Hall–Kier alpha value is -0.0300. The first-order valence-electron chi connectivity index (χ1n) is 4.22. The van der Waals surface area contributed by atoms with Crippen molar-refractivity contribution in [1.82, 2.24) is 0 Å². The summed E-state index contributed by atoms with van der Waals surface area (Å²) >= 11 is 7.74. The third kappa shape index (κ3) is 2.56. The Labute approximate surface area is 98.8 Å². The molecule has 0 unspecified atom stereocenters. The molecule has 0 spiro atoms. The first-order valence-corrected chi connectivity index (χ1v) is 5.39. The zero-order valence-corrected chi connectivity index (χ0v) is 10.4. The van der Waals surface area contributed by atoms with E-state index in [0.717, 1.165) is 6.08 Å². The lowest BCUT2D eigenvalue weighted by Gasteiger charge is -2.04. The summed E-state index contributed by atoms with van der Waals surface area (Å²) in [6, 6.07) is 0. The van der Waals surface area contributed by atoms with Crippen LogP contribution in [0.3, 0.4) is 0 Å². The molecule has 15 heavy (non-hydrogen) atoms. The van der Waals surface area contributed by atoms with E-state index in [4.69, 9.17) is 11.6 Å². The van der Waals surface area contributed by atoms with Crippen molar-refractivity contribution in [3.8, 4) is 0 Å². The van der Waals surface area contributed by atoms with Gasteiger partial charge in [0.25, 0.3) is 0 Å². The molecule has 1 rings (SSSR count).